The van der Waals surface area contributed by atoms with Gasteiger partial charge in [-0.1, -0.05) is 148 Å². The first-order valence-corrected chi connectivity index (χ1v) is 25.9. The van der Waals surface area contributed by atoms with Gasteiger partial charge in [-0.2, -0.15) is 12.6 Å². The van der Waals surface area contributed by atoms with Gasteiger partial charge in [-0.15, -0.1) is 0 Å². The van der Waals surface area contributed by atoms with Crippen molar-refractivity contribution in [1.29, 1.82) is 0 Å². The van der Waals surface area contributed by atoms with E-state index >= 15 is 0 Å². The first-order chi connectivity index (χ1) is 28.1. The van der Waals surface area contributed by atoms with Gasteiger partial charge in [-0.25, -0.2) is 9.13 Å². The second-order valence-corrected chi connectivity index (χ2v) is 18.9. The highest BCUT2D eigenvalue weighted by Gasteiger charge is 2.54. The summed E-state index contributed by atoms with van der Waals surface area (Å²) in [5, 5.41) is 41.1. The number of esters is 2. The smallest absolute Gasteiger partial charge is 0.462 e. The van der Waals surface area contributed by atoms with Crippen LogP contribution in [0.5, 0.6) is 0 Å². The molecule has 1 rings (SSSR count). The van der Waals surface area contributed by atoms with E-state index in [4.69, 9.17) is 28.3 Å². The zero-order chi connectivity index (χ0) is 43.9. The number of thiol groups is 1. The fraction of sp³-hybridized carbons (Fsp3) is 0.950. The predicted molar refractivity (Wildman–Crippen MR) is 227 cm³/mol. The molecule has 0 saturated heterocycles. The molecule has 0 radical (unpaired) electrons. The molecule has 19 heteroatoms. The zero-order valence-corrected chi connectivity index (χ0v) is 38.1. The predicted octanol–water partition coefficient (Wildman–Crippen LogP) is 7.36. The van der Waals surface area contributed by atoms with Gasteiger partial charge in [0.25, 0.3) is 0 Å². The molecule has 0 amide bonds. The molecule has 350 valence electrons. The lowest BCUT2D eigenvalue weighted by molar-refractivity contribution is -0.216. The molecule has 1 aliphatic rings. The number of ether oxygens (including phenoxy) is 2. The van der Waals surface area contributed by atoms with Crippen molar-refractivity contribution in [3.8, 4) is 0 Å². The van der Waals surface area contributed by atoms with E-state index in [-0.39, 0.29) is 12.8 Å². The maximum Gasteiger partial charge on any atom is 0.472 e. The van der Waals surface area contributed by atoms with E-state index in [9.17, 15) is 44.0 Å². The van der Waals surface area contributed by atoms with E-state index in [1.54, 1.807) is 0 Å². The van der Waals surface area contributed by atoms with E-state index in [2.05, 4.69) is 24.1 Å². The Bertz CT molecular complexity index is 1180. The molecule has 1 saturated carbocycles. The van der Waals surface area contributed by atoms with Crippen LogP contribution < -0.4 is 0 Å². The molecular weight excluding hydrogens is 830 g/mol. The third-order valence-electron chi connectivity index (χ3n) is 10.5. The Kier molecular flexibility index (Phi) is 32.3. The largest absolute Gasteiger partial charge is 0.472 e. The molecule has 0 heterocycles. The summed E-state index contributed by atoms with van der Waals surface area (Å²) >= 11 is 4.24. The minimum absolute atomic E-state index is 0.0491. The van der Waals surface area contributed by atoms with Crippen LogP contribution in [0.15, 0.2) is 0 Å². The second kappa shape index (κ2) is 33.8. The van der Waals surface area contributed by atoms with E-state index in [0.717, 1.165) is 57.1 Å². The molecule has 16 nitrogen and oxygen atoms in total. The summed E-state index contributed by atoms with van der Waals surface area (Å²) < 4.78 is 49.3. The van der Waals surface area contributed by atoms with Crippen LogP contribution in [0.25, 0.3) is 0 Å². The Morgan fingerprint density at radius 3 is 1.34 bits per heavy atom. The van der Waals surface area contributed by atoms with Gasteiger partial charge < -0.3 is 44.6 Å². The first kappa shape index (κ1) is 56.4. The molecular formula is C40H78O16P2S. The standard InChI is InChI=1S/C40H78O16P2S/c1-2-3-4-5-6-7-8-9-13-16-19-22-25-28-34(42)54-32(30-52-33(41)27-24-21-18-15-12-10-11-14-17-20-23-26-29-59)31-53-58(50,51)56-40-37(45)35(43)36(44)39(38(40)46)55-57(47,48)49/h32,35-40,43-46,59H,2-31H2,1H3,(H,50,51)(H2,47,48,49)/t32-,35+,36?,37?,38-,39-,40?/m1/s1. The van der Waals surface area contributed by atoms with Crippen molar-refractivity contribution >= 4 is 40.2 Å². The number of phosphoric ester groups is 2. The monoisotopic (exact) mass is 908 g/mol. The number of rotatable bonds is 38. The SMILES string of the molecule is CCCCCCCCCCCCCCCC(=O)O[C@H](COC(=O)CCCCCCCCCCCCCCS)COP(=O)(O)OC1C(O)[C@@H](O)C(O)[C@@H](OP(=O)(O)O)[C@H]1O. The molecule has 0 aromatic rings. The summed E-state index contributed by atoms with van der Waals surface area (Å²) in [6.07, 6.45) is 13.3. The number of carbonyl (C=O) groups is 2. The van der Waals surface area contributed by atoms with Crippen molar-refractivity contribution in [3.05, 3.63) is 0 Å². The molecule has 0 aromatic heterocycles. The lowest BCUT2D eigenvalue weighted by atomic mass is 9.85. The lowest BCUT2D eigenvalue weighted by Gasteiger charge is -2.43. The average molecular weight is 909 g/mol. The molecule has 1 fully saturated rings. The number of hydrogen-bond acceptors (Lipinski definition) is 14. The van der Waals surface area contributed by atoms with Crippen molar-refractivity contribution in [2.24, 2.45) is 0 Å². The van der Waals surface area contributed by atoms with Crippen LogP contribution in [0.4, 0.5) is 0 Å². The summed E-state index contributed by atoms with van der Waals surface area (Å²) in [5.74, 6) is -0.254. The van der Waals surface area contributed by atoms with Gasteiger partial charge in [0.05, 0.1) is 6.61 Å². The van der Waals surface area contributed by atoms with Gasteiger partial charge in [0.1, 0.15) is 43.2 Å². The number of carbonyl (C=O) groups excluding carboxylic acids is 2. The topological polar surface area (TPSA) is 256 Å². The van der Waals surface area contributed by atoms with E-state index in [1.807, 2.05) is 0 Å². The van der Waals surface area contributed by atoms with E-state index < -0.39 is 83.5 Å². The van der Waals surface area contributed by atoms with Gasteiger partial charge in [0.2, 0.25) is 0 Å². The van der Waals surface area contributed by atoms with Gasteiger partial charge in [-0.3, -0.25) is 23.2 Å². The molecule has 0 spiro atoms. The normalized spacial score (nSPS) is 22.5. The molecule has 8 atom stereocenters. The van der Waals surface area contributed by atoms with Crippen molar-refractivity contribution < 1.29 is 76.9 Å². The van der Waals surface area contributed by atoms with E-state index in [1.165, 1.54) is 96.3 Å². The van der Waals surface area contributed by atoms with Gasteiger partial charge >= 0.3 is 27.6 Å². The van der Waals surface area contributed by atoms with Crippen molar-refractivity contribution in [3.63, 3.8) is 0 Å². The van der Waals surface area contributed by atoms with Gasteiger partial charge in [0, 0.05) is 12.8 Å². The third kappa shape index (κ3) is 28.6. The van der Waals surface area contributed by atoms with Gasteiger partial charge in [-0.05, 0) is 25.0 Å². The van der Waals surface area contributed by atoms with Crippen LogP contribution in [-0.4, -0.2) is 109 Å². The maximum atomic E-state index is 12.9. The third-order valence-corrected chi connectivity index (χ3v) is 12.3. The van der Waals surface area contributed by atoms with Crippen molar-refractivity contribution in [2.45, 2.75) is 223 Å². The Morgan fingerprint density at radius 2 is 0.915 bits per heavy atom. The second-order valence-electron chi connectivity index (χ2n) is 15.9. The summed E-state index contributed by atoms with van der Waals surface area (Å²) in [6, 6.07) is 0. The highest BCUT2D eigenvalue weighted by molar-refractivity contribution is 7.80. The first-order valence-electron chi connectivity index (χ1n) is 22.2. The summed E-state index contributed by atoms with van der Waals surface area (Å²) in [7, 11) is -10.7. The Labute approximate surface area is 358 Å². The van der Waals surface area contributed by atoms with Crippen molar-refractivity contribution in [2.75, 3.05) is 19.0 Å². The average Bonchev–Trinajstić information content (AvgIpc) is 3.18. The Hall–Kier alpha value is -0.650. The summed E-state index contributed by atoms with van der Waals surface area (Å²) in [4.78, 5) is 54.1. The lowest BCUT2D eigenvalue weighted by Crippen LogP contribution is -2.64. The highest BCUT2D eigenvalue weighted by Crippen LogP contribution is 2.49. The molecule has 0 bridgehead atoms. The van der Waals surface area contributed by atoms with Crippen LogP contribution in [0.1, 0.15) is 180 Å². The molecule has 1 aliphatic carbocycles. The van der Waals surface area contributed by atoms with Crippen LogP contribution in [0.3, 0.4) is 0 Å². The fourth-order valence-corrected chi connectivity index (χ4v) is 8.77. The summed E-state index contributed by atoms with van der Waals surface area (Å²) in [5.41, 5.74) is 0. The van der Waals surface area contributed by atoms with Crippen molar-refractivity contribution in [1.82, 2.24) is 0 Å². The summed E-state index contributed by atoms with van der Waals surface area (Å²) in [6.45, 7) is 0.881. The van der Waals surface area contributed by atoms with Crippen LogP contribution in [0.2, 0.25) is 0 Å². The molecule has 4 unspecified atom stereocenters. The van der Waals surface area contributed by atoms with Crippen LogP contribution in [0, 0.1) is 0 Å². The van der Waals surface area contributed by atoms with Gasteiger partial charge in [0.15, 0.2) is 6.10 Å². The van der Waals surface area contributed by atoms with Crippen LogP contribution in [-0.2, 0) is 41.8 Å². The highest BCUT2D eigenvalue weighted by atomic mass is 32.1. The quantitative estimate of drug-likeness (QED) is 0.0130. The molecule has 7 N–H and O–H groups in total. The number of unbranched alkanes of at least 4 members (excludes halogenated alkanes) is 23. The minimum Gasteiger partial charge on any atom is -0.462 e. The zero-order valence-electron chi connectivity index (χ0n) is 35.4. The maximum absolute atomic E-state index is 12.9. The minimum atomic E-state index is -5.36. The van der Waals surface area contributed by atoms with Crippen LogP contribution >= 0.6 is 28.3 Å². The number of aliphatic hydroxyl groups excluding tert-OH is 4. The molecule has 0 aromatic carbocycles. The Morgan fingerprint density at radius 1 is 0.525 bits per heavy atom. The Balaban J connectivity index is 2.61. The number of hydrogen-bond donors (Lipinski definition) is 8. The number of phosphoric acid groups is 2. The molecule has 59 heavy (non-hydrogen) atoms. The fourth-order valence-electron chi connectivity index (χ4n) is 7.01. The van der Waals surface area contributed by atoms with E-state index in [0.29, 0.717) is 12.8 Å². The molecule has 0 aliphatic heterocycles. The number of aliphatic hydroxyl groups is 4.